The molecule has 2 nitrogen and oxygen atoms in total. The van der Waals surface area contributed by atoms with Crippen LogP contribution in [0.25, 0.3) is 0 Å². The summed E-state index contributed by atoms with van der Waals surface area (Å²) in [4.78, 5) is 2.40. The van der Waals surface area contributed by atoms with Crippen LogP contribution in [0.2, 0.25) is 5.02 Å². The fourth-order valence-corrected chi connectivity index (χ4v) is 2.56. The van der Waals surface area contributed by atoms with Crippen LogP contribution < -0.4 is 4.90 Å². The van der Waals surface area contributed by atoms with Crippen molar-refractivity contribution in [3.8, 4) is 0 Å². The normalized spacial score (nSPS) is 17.0. The minimum Gasteiger partial charge on any atom is -0.389 e. The lowest BCUT2D eigenvalue weighted by Crippen LogP contribution is -2.32. The quantitative estimate of drug-likeness (QED) is 0.871. The Labute approximate surface area is 115 Å². The van der Waals surface area contributed by atoms with Crippen LogP contribution in [-0.4, -0.2) is 17.7 Å². The highest BCUT2D eigenvalue weighted by Gasteiger charge is 2.26. The molecule has 2 rings (SSSR count). The molecule has 0 radical (unpaired) electrons. The van der Waals surface area contributed by atoms with Crippen LogP contribution in [0.5, 0.6) is 0 Å². The van der Waals surface area contributed by atoms with Crippen molar-refractivity contribution in [2.24, 2.45) is 5.92 Å². The minimum atomic E-state index is -0.512. The van der Waals surface area contributed by atoms with E-state index in [2.05, 4.69) is 24.8 Å². The van der Waals surface area contributed by atoms with Gasteiger partial charge in [-0.3, -0.25) is 0 Å². The Morgan fingerprint density at radius 2 is 2.00 bits per heavy atom. The zero-order chi connectivity index (χ0) is 13.3. The molecule has 0 heterocycles. The van der Waals surface area contributed by atoms with Crippen LogP contribution >= 0.6 is 11.6 Å². The van der Waals surface area contributed by atoms with Crippen LogP contribution in [0.3, 0.4) is 0 Å². The number of benzene rings is 1. The van der Waals surface area contributed by atoms with Crippen molar-refractivity contribution in [2.75, 3.05) is 11.4 Å². The largest absolute Gasteiger partial charge is 0.389 e. The van der Waals surface area contributed by atoms with E-state index in [9.17, 15) is 5.11 Å². The van der Waals surface area contributed by atoms with Gasteiger partial charge < -0.3 is 10.0 Å². The van der Waals surface area contributed by atoms with E-state index in [0.717, 1.165) is 23.7 Å². The number of aliphatic hydroxyl groups is 1. The summed E-state index contributed by atoms with van der Waals surface area (Å²) in [6, 6.07) is 6.45. The second-order valence-corrected chi connectivity index (χ2v) is 5.98. The van der Waals surface area contributed by atoms with Gasteiger partial charge in [0, 0.05) is 23.3 Å². The molecule has 0 aromatic heterocycles. The van der Waals surface area contributed by atoms with E-state index in [1.54, 1.807) is 6.92 Å². The average molecular weight is 268 g/mol. The predicted octanol–water partition coefficient (Wildman–Crippen LogP) is 4.02. The molecular formula is C15H22ClNO. The Bertz CT molecular complexity index is 413. The third kappa shape index (κ3) is 3.18. The molecule has 1 aromatic rings. The topological polar surface area (TPSA) is 23.5 Å². The molecule has 100 valence electrons. The standard InChI is InChI=1S/C15H22ClNO/c1-10(2)17(9-12-4-5-12)13-6-7-14(11(3)18)15(16)8-13/h6-8,10-12,18H,4-5,9H2,1-3H3. The lowest BCUT2D eigenvalue weighted by Gasteiger charge is -2.29. The molecule has 18 heavy (non-hydrogen) atoms. The van der Waals surface area contributed by atoms with Crippen molar-refractivity contribution in [3.63, 3.8) is 0 Å². The Morgan fingerprint density at radius 3 is 2.44 bits per heavy atom. The van der Waals surface area contributed by atoms with Gasteiger partial charge in [0.05, 0.1) is 6.10 Å². The second-order valence-electron chi connectivity index (χ2n) is 5.57. The van der Waals surface area contributed by atoms with E-state index in [1.165, 1.54) is 12.8 Å². The van der Waals surface area contributed by atoms with Gasteiger partial charge in [0.15, 0.2) is 0 Å². The van der Waals surface area contributed by atoms with Crippen LogP contribution in [0.15, 0.2) is 18.2 Å². The van der Waals surface area contributed by atoms with Gasteiger partial charge in [-0.05, 0) is 57.2 Å². The summed E-state index contributed by atoms with van der Waals surface area (Å²) < 4.78 is 0. The van der Waals surface area contributed by atoms with Gasteiger partial charge in [-0.25, -0.2) is 0 Å². The number of rotatable bonds is 5. The predicted molar refractivity (Wildman–Crippen MR) is 77.3 cm³/mol. The first kappa shape index (κ1) is 13.7. The van der Waals surface area contributed by atoms with Gasteiger partial charge >= 0.3 is 0 Å². The molecule has 1 aliphatic carbocycles. The number of anilines is 1. The lowest BCUT2D eigenvalue weighted by atomic mass is 10.1. The maximum absolute atomic E-state index is 9.60. The molecule has 1 saturated carbocycles. The van der Waals surface area contributed by atoms with Gasteiger partial charge in [-0.15, -0.1) is 0 Å². The van der Waals surface area contributed by atoms with Gasteiger partial charge in [-0.1, -0.05) is 17.7 Å². The molecule has 0 spiro atoms. The molecule has 0 bridgehead atoms. The summed E-state index contributed by atoms with van der Waals surface area (Å²) in [5, 5.41) is 10.3. The number of hydrogen-bond donors (Lipinski definition) is 1. The van der Waals surface area contributed by atoms with E-state index >= 15 is 0 Å². The first-order valence-electron chi connectivity index (χ1n) is 6.73. The van der Waals surface area contributed by atoms with Crippen LogP contribution in [-0.2, 0) is 0 Å². The first-order valence-corrected chi connectivity index (χ1v) is 7.11. The van der Waals surface area contributed by atoms with E-state index in [-0.39, 0.29) is 0 Å². The first-order chi connectivity index (χ1) is 8.49. The van der Waals surface area contributed by atoms with Crippen molar-refractivity contribution < 1.29 is 5.11 Å². The van der Waals surface area contributed by atoms with E-state index in [4.69, 9.17) is 11.6 Å². The summed E-state index contributed by atoms with van der Waals surface area (Å²) in [6.07, 6.45) is 2.19. The SMILES string of the molecule is CC(O)c1ccc(N(CC2CC2)C(C)C)cc1Cl. The van der Waals surface area contributed by atoms with Crippen molar-refractivity contribution >= 4 is 17.3 Å². The highest BCUT2D eigenvalue weighted by molar-refractivity contribution is 6.31. The monoisotopic (exact) mass is 267 g/mol. The van der Waals surface area contributed by atoms with Crippen molar-refractivity contribution in [1.82, 2.24) is 0 Å². The van der Waals surface area contributed by atoms with Crippen molar-refractivity contribution in [1.29, 1.82) is 0 Å². The Morgan fingerprint density at radius 1 is 1.33 bits per heavy atom. The summed E-state index contributed by atoms with van der Waals surface area (Å²) in [5.41, 5.74) is 1.96. The summed E-state index contributed by atoms with van der Waals surface area (Å²) in [6.45, 7) is 7.27. The zero-order valence-corrected chi connectivity index (χ0v) is 12.1. The smallest absolute Gasteiger partial charge is 0.0776 e. The van der Waals surface area contributed by atoms with Crippen molar-refractivity contribution in [2.45, 2.75) is 45.8 Å². The van der Waals surface area contributed by atoms with E-state index in [1.807, 2.05) is 12.1 Å². The molecule has 0 aliphatic heterocycles. The average Bonchev–Trinajstić information content (AvgIpc) is 3.08. The molecule has 3 heteroatoms. The third-order valence-corrected chi connectivity index (χ3v) is 3.87. The minimum absolute atomic E-state index is 0.471. The Hall–Kier alpha value is -0.730. The number of hydrogen-bond acceptors (Lipinski definition) is 2. The lowest BCUT2D eigenvalue weighted by molar-refractivity contribution is 0.199. The second kappa shape index (κ2) is 5.50. The zero-order valence-electron chi connectivity index (χ0n) is 11.4. The Kier molecular flexibility index (Phi) is 4.18. The van der Waals surface area contributed by atoms with Gasteiger partial charge in [0.1, 0.15) is 0 Å². The van der Waals surface area contributed by atoms with Gasteiger partial charge in [0.25, 0.3) is 0 Å². The molecule has 1 aromatic carbocycles. The molecule has 1 aliphatic rings. The van der Waals surface area contributed by atoms with E-state index < -0.39 is 6.10 Å². The summed E-state index contributed by atoms with van der Waals surface area (Å²) in [5.74, 6) is 0.850. The Balaban J connectivity index is 2.21. The van der Waals surface area contributed by atoms with E-state index in [0.29, 0.717) is 11.1 Å². The summed E-state index contributed by atoms with van der Waals surface area (Å²) >= 11 is 6.24. The molecule has 0 saturated heterocycles. The highest BCUT2D eigenvalue weighted by Crippen LogP contribution is 2.34. The van der Waals surface area contributed by atoms with Gasteiger partial charge in [-0.2, -0.15) is 0 Å². The molecular weight excluding hydrogens is 246 g/mol. The summed E-state index contributed by atoms with van der Waals surface area (Å²) in [7, 11) is 0. The fraction of sp³-hybridized carbons (Fsp3) is 0.600. The molecule has 1 fully saturated rings. The number of aliphatic hydroxyl groups excluding tert-OH is 1. The molecule has 1 N–H and O–H groups in total. The number of nitrogens with zero attached hydrogens (tertiary/aromatic N) is 1. The molecule has 1 unspecified atom stereocenters. The highest BCUT2D eigenvalue weighted by atomic mass is 35.5. The third-order valence-electron chi connectivity index (χ3n) is 3.54. The van der Waals surface area contributed by atoms with Crippen LogP contribution in [0.1, 0.15) is 45.3 Å². The maximum atomic E-state index is 9.60. The van der Waals surface area contributed by atoms with Crippen LogP contribution in [0, 0.1) is 5.92 Å². The van der Waals surface area contributed by atoms with Crippen molar-refractivity contribution in [3.05, 3.63) is 28.8 Å². The maximum Gasteiger partial charge on any atom is 0.0776 e. The van der Waals surface area contributed by atoms with Gasteiger partial charge in [0.2, 0.25) is 0 Å². The number of halogens is 1. The molecule has 1 atom stereocenters. The van der Waals surface area contributed by atoms with Crippen LogP contribution in [0.4, 0.5) is 5.69 Å². The molecule has 0 amide bonds. The fourth-order valence-electron chi connectivity index (χ4n) is 2.23.